The molecule has 3 nitrogen and oxygen atoms in total. The quantitative estimate of drug-likeness (QED) is 0.887. The van der Waals surface area contributed by atoms with E-state index in [2.05, 4.69) is 48.3 Å². The van der Waals surface area contributed by atoms with E-state index < -0.39 is 0 Å². The maximum Gasteiger partial charge on any atom is 0.261 e. The molecule has 1 aromatic carbocycles. The minimum absolute atomic E-state index is 0.0622. The second kappa shape index (κ2) is 5.55. The minimum atomic E-state index is 0.0622. The summed E-state index contributed by atoms with van der Waals surface area (Å²) in [5, 5.41) is 4.60. The van der Waals surface area contributed by atoms with Crippen LogP contribution in [0, 0.1) is 5.92 Å². The lowest BCUT2D eigenvalue weighted by molar-refractivity contribution is -0.0377. The van der Waals surface area contributed by atoms with Gasteiger partial charge in [0.05, 0.1) is 4.88 Å². The first kappa shape index (κ1) is 15.8. The third-order valence-electron chi connectivity index (χ3n) is 6.69. The van der Waals surface area contributed by atoms with Gasteiger partial charge < -0.3 is 5.32 Å². The normalized spacial score (nSPS) is 30.6. The van der Waals surface area contributed by atoms with Gasteiger partial charge in [0.1, 0.15) is 0 Å². The highest BCUT2D eigenvalue weighted by molar-refractivity contribution is 7.20. The van der Waals surface area contributed by atoms with E-state index in [1.54, 1.807) is 11.3 Å². The number of amides is 1. The molecule has 4 fully saturated rings. The van der Waals surface area contributed by atoms with Crippen LogP contribution >= 0.6 is 11.3 Å². The van der Waals surface area contributed by atoms with Gasteiger partial charge in [0.2, 0.25) is 0 Å². The highest BCUT2D eigenvalue weighted by Gasteiger charge is 2.48. The van der Waals surface area contributed by atoms with Crippen molar-refractivity contribution in [1.82, 2.24) is 10.2 Å². The molecule has 0 spiro atoms. The van der Waals surface area contributed by atoms with Crippen LogP contribution in [0.25, 0.3) is 10.1 Å². The highest BCUT2D eigenvalue weighted by atomic mass is 32.1. The molecule has 1 atom stereocenters. The number of rotatable bonds is 3. The standard InChI is InChI=1S/C21H26N2OS/c1-21(2)19(14-7-9-23(21)10-8-14)22-20(24)18-12-16-6-5-15(13-3-4-13)11-17(16)25-18/h5-6,11-14,19H,3-4,7-10H2,1-2H3,(H,22,24). The molecule has 2 bridgehead atoms. The molecule has 6 rings (SSSR count). The van der Waals surface area contributed by atoms with E-state index in [1.165, 1.54) is 54.4 Å². The molecule has 1 amide bonds. The van der Waals surface area contributed by atoms with Crippen LogP contribution in [-0.2, 0) is 0 Å². The Hall–Kier alpha value is -1.39. The first-order valence-corrected chi connectivity index (χ1v) is 10.4. The van der Waals surface area contributed by atoms with Crippen molar-refractivity contribution in [2.75, 3.05) is 13.1 Å². The zero-order chi connectivity index (χ0) is 17.2. The monoisotopic (exact) mass is 354 g/mol. The number of nitrogens with zero attached hydrogens (tertiary/aromatic N) is 1. The van der Waals surface area contributed by atoms with Crippen LogP contribution in [0.5, 0.6) is 0 Å². The van der Waals surface area contributed by atoms with E-state index in [0.717, 1.165) is 10.8 Å². The van der Waals surface area contributed by atoms with Gasteiger partial charge in [-0.2, -0.15) is 0 Å². The van der Waals surface area contributed by atoms with Crippen molar-refractivity contribution in [3.63, 3.8) is 0 Å². The molecule has 1 N–H and O–H groups in total. The summed E-state index contributed by atoms with van der Waals surface area (Å²) in [6, 6.07) is 9.06. The number of benzene rings is 1. The topological polar surface area (TPSA) is 32.3 Å². The molecule has 4 heteroatoms. The molecular formula is C21H26N2OS. The summed E-state index contributed by atoms with van der Waals surface area (Å²) in [6.07, 6.45) is 5.06. The average molecular weight is 355 g/mol. The second-order valence-electron chi connectivity index (χ2n) is 8.61. The van der Waals surface area contributed by atoms with Gasteiger partial charge >= 0.3 is 0 Å². The molecule has 2 aromatic rings. The largest absolute Gasteiger partial charge is 0.346 e. The predicted molar refractivity (Wildman–Crippen MR) is 103 cm³/mol. The molecule has 0 radical (unpaired) electrons. The smallest absolute Gasteiger partial charge is 0.261 e. The van der Waals surface area contributed by atoms with Crippen molar-refractivity contribution in [3.8, 4) is 0 Å². The average Bonchev–Trinajstić information content (AvgIpc) is 3.36. The lowest BCUT2D eigenvalue weighted by Crippen LogP contribution is -2.69. The Morgan fingerprint density at radius 1 is 1.16 bits per heavy atom. The summed E-state index contributed by atoms with van der Waals surface area (Å²) in [4.78, 5) is 16.4. The Morgan fingerprint density at radius 3 is 2.60 bits per heavy atom. The second-order valence-corrected chi connectivity index (χ2v) is 9.70. The van der Waals surface area contributed by atoms with Crippen molar-refractivity contribution in [1.29, 1.82) is 0 Å². The van der Waals surface area contributed by atoms with Crippen LogP contribution in [0.15, 0.2) is 24.3 Å². The van der Waals surface area contributed by atoms with E-state index in [4.69, 9.17) is 0 Å². The summed E-state index contributed by atoms with van der Waals surface area (Å²) >= 11 is 1.65. The molecule has 3 aliphatic heterocycles. The summed E-state index contributed by atoms with van der Waals surface area (Å²) in [6.45, 7) is 6.93. The van der Waals surface area contributed by atoms with Crippen LogP contribution < -0.4 is 5.32 Å². The number of piperidine rings is 3. The summed E-state index contributed by atoms with van der Waals surface area (Å²) < 4.78 is 1.25. The highest BCUT2D eigenvalue weighted by Crippen LogP contribution is 2.42. The van der Waals surface area contributed by atoms with Crippen LogP contribution in [-0.4, -0.2) is 35.5 Å². The Labute approximate surface area is 153 Å². The number of nitrogens with one attached hydrogen (secondary N) is 1. The van der Waals surface area contributed by atoms with Crippen molar-refractivity contribution >= 4 is 27.3 Å². The zero-order valence-electron chi connectivity index (χ0n) is 15.0. The number of thiophene rings is 1. The third kappa shape index (κ3) is 2.61. The number of hydrogen-bond acceptors (Lipinski definition) is 3. The van der Waals surface area contributed by atoms with E-state index in [1.807, 2.05) is 0 Å². The fraction of sp³-hybridized carbons (Fsp3) is 0.571. The molecule has 1 aromatic heterocycles. The van der Waals surface area contributed by atoms with Gasteiger partial charge in [-0.15, -0.1) is 11.3 Å². The molecule has 1 unspecified atom stereocenters. The SMILES string of the molecule is CC1(C)C(NC(=O)c2cc3ccc(C4CC4)cc3s2)C2CCN1CC2. The van der Waals surface area contributed by atoms with Gasteiger partial charge in [-0.05, 0) is 87.5 Å². The van der Waals surface area contributed by atoms with Crippen LogP contribution in [0.2, 0.25) is 0 Å². The number of carbonyl (C=O) groups excluding carboxylic acids is 1. The van der Waals surface area contributed by atoms with Gasteiger partial charge in [0, 0.05) is 16.3 Å². The first-order valence-electron chi connectivity index (χ1n) is 9.62. The van der Waals surface area contributed by atoms with E-state index in [0.29, 0.717) is 5.92 Å². The van der Waals surface area contributed by atoms with Gasteiger partial charge in [0.25, 0.3) is 5.91 Å². The van der Waals surface area contributed by atoms with Crippen molar-refractivity contribution in [2.24, 2.45) is 5.92 Å². The molecule has 1 aliphatic carbocycles. The van der Waals surface area contributed by atoms with Crippen LogP contribution in [0.1, 0.15) is 60.7 Å². The Bertz CT molecular complexity index is 828. The van der Waals surface area contributed by atoms with Crippen molar-refractivity contribution < 1.29 is 4.79 Å². The minimum Gasteiger partial charge on any atom is -0.346 e. The van der Waals surface area contributed by atoms with Gasteiger partial charge in [0.15, 0.2) is 0 Å². The van der Waals surface area contributed by atoms with Crippen molar-refractivity contribution in [2.45, 2.75) is 57.0 Å². The predicted octanol–water partition coefficient (Wildman–Crippen LogP) is 4.38. The van der Waals surface area contributed by atoms with E-state index >= 15 is 0 Å². The molecule has 1 saturated carbocycles. The zero-order valence-corrected chi connectivity index (χ0v) is 15.9. The third-order valence-corrected chi connectivity index (χ3v) is 7.79. The maximum atomic E-state index is 13.0. The summed E-state index contributed by atoms with van der Waals surface area (Å²) in [7, 11) is 0. The number of hydrogen-bond donors (Lipinski definition) is 1. The number of fused-ring (bicyclic) bond motifs is 4. The van der Waals surface area contributed by atoms with Crippen molar-refractivity contribution in [3.05, 3.63) is 34.7 Å². The van der Waals surface area contributed by atoms with Crippen LogP contribution in [0.3, 0.4) is 0 Å². The van der Waals surface area contributed by atoms with Gasteiger partial charge in [-0.3, -0.25) is 9.69 Å². The lowest BCUT2D eigenvalue weighted by Gasteiger charge is -2.56. The lowest BCUT2D eigenvalue weighted by atomic mass is 9.72. The van der Waals surface area contributed by atoms with E-state index in [-0.39, 0.29) is 17.5 Å². The Kier molecular flexibility index (Phi) is 3.52. The molecule has 132 valence electrons. The molecule has 3 saturated heterocycles. The molecular weight excluding hydrogens is 328 g/mol. The molecule has 4 heterocycles. The Balaban J connectivity index is 1.39. The molecule has 4 aliphatic rings. The summed E-state index contributed by atoms with van der Waals surface area (Å²) in [5.41, 5.74) is 1.51. The van der Waals surface area contributed by atoms with E-state index in [9.17, 15) is 4.79 Å². The maximum absolute atomic E-state index is 13.0. The summed E-state index contributed by atoms with van der Waals surface area (Å²) in [5.74, 6) is 1.50. The fourth-order valence-electron chi connectivity index (χ4n) is 4.92. The Morgan fingerprint density at radius 2 is 1.92 bits per heavy atom. The van der Waals surface area contributed by atoms with Gasteiger partial charge in [-0.25, -0.2) is 0 Å². The van der Waals surface area contributed by atoms with Gasteiger partial charge in [-0.1, -0.05) is 12.1 Å². The fourth-order valence-corrected chi connectivity index (χ4v) is 5.93. The molecule has 25 heavy (non-hydrogen) atoms. The first-order chi connectivity index (χ1) is 12.0. The number of carbonyl (C=O) groups is 1. The van der Waals surface area contributed by atoms with Crippen LogP contribution in [0.4, 0.5) is 0 Å².